The lowest BCUT2D eigenvalue weighted by molar-refractivity contribution is -0.130. The van der Waals surface area contributed by atoms with Gasteiger partial charge in [-0.05, 0) is 52.0 Å². The van der Waals surface area contributed by atoms with Crippen molar-refractivity contribution in [1.29, 1.82) is 0 Å². The van der Waals surface area contributed by atoms with Gasteiger partial charge in [0.1, 0.15) is 0 Å². The first-order valence-electron chi connectivity index (χ1n) is 9.16. The van der Waals surface area contributed by atoms with Crippen molar-refractivity contribution in [2.24, 2.45) is 5.92 Å². The average molecular weight is 412 g/mol. The van der Waals surface area contributed by atoms with Gasteiger partial charge in [0.2, 0.25) is 21.8 Å². The first-order valence-corrected chi connectivity index (χ1v) is 10.6. The van der Waals surface area contributed by atoms with Gasteiger partial charge in [0.25, 0.3) is 0 Å². The van der Waals surface area contributed by atoms with E-state index in [9.17, 15) is 18.0 Å². The van der Waals surface area contributed by atoms with E-state index in [1.165, 1.54) is 24.3 Å². The van der Waals surface area contributed by atoms with Crippen molar-refractivity contribution in [2.45, 2.75) is 50.6 Å². The second kappa shape index (κ2) is 8.59. The molecule has 2 amide bonds. The Hall–Kier alpha value is -1.97. The zero-order valence-electron chi connectivity index (χ0n) is 17.0. The lowest BCUT2D eigenvalue weighted by Crippen LogP contribution is -2.40. The average Bonchev–Trinajstić information content (AvgIpc) is 2.95. The molecule has 0 spiro atoms. The highest BCUT2D eigenvalue weighted by atomic mass is 32.2. The van der Waals surface area contributed by atoms with Crippen LogP contribution in [0.25, 0.3) is 0 Å². The summed E-state index contributed by atoms with van der Waals surface area (Å²) in [5, 5.41) is 2.76. The van der Waals surface area contributed by atoms with Crippen LogP contribution >= 0.6 is 0 Å². The van der Waals surface area contributed by atoms with Crippen molar-refractivity contribution in [3.8, 4) is 0 Å². The number of carbonyl (C=O) groups excluding carboxylic acids is 2. The maximum Gasteiger partial charge on any atom is 0.241 e. The van der Waals surface area contributed by atoms with E-state index in [4.69, 9.17) is 4.74 Å². The molecule has 28 heavy (non-hydrogen) atoms. The third-order valence-electron chi connectivity index (χ3n) is 4.34. The Morgan fingerprint density at radius 1 is 1.29 bits per heavy atom. The largest absolute Gasteiger partial charge is 0.383 e. The third-order valence-corrected chi connectivity index (χ3v) is 6.12. The van der Waals surface area contributed by atoms with E-state index < -0.39 is 21.5 Å². The van der Waals surface area contributed by atoms with E-state index in [0.29, 0.717) is 18.8 Å². The van der Waals surface area contributed by atoms with E-state index in [1.807, 2.05) is 6.92 Å². The number of hydrogen-bond acceptors (Lipinski definition) is 5. The first-order chi connectivity index (χ1) is 12.9. The Labute approximate surface area is 166 Å². The number of anilines is 1. The molecule has 0 bridgehead atoms. The SMILES string of the molecule is COC[C@H](C)N1C[C@H](C(=O)Nc2ccc(S(=O)(=O)NC(C)(C)C)cc2)CC1=O. The molecule has 9 heteroatoms. The Bertz CT molecular complexity index is 815. The molecular formula is C19H29N3O5S. The highest BCUT2D eigenvalue weighted by Gasteiger charge is 2.36. The van der Waals surface area contributed by atoms with Crippen molar-refractivity contribution in [1.82, 2.24) is 9.62 Å². The molecule has 156 valence electrons. The van der Waals surface area contributed by atoms with Gasteiger partial charge in [-0.1, -0.05) is 0 Å². The predicted molar refractivity (Wildman–Crippen MR) is 106 cm³/mol. The summed E-state index contributed by atoms with van der Waals surface area (Å²) < 4.78 is 32.3. The fraction of sp³-hybridized carbons (Fsp3) is 0.579. The van der Waals surface area contributed by atoms with Gasteiger partial charge in [0, 0.05) is 31.3 Å². The van der Waals surface area contributed by atoms with Gasteiger partial charge < -0.3 is 15.0 Å². The summed E-state index contributed by atoms with van der Waals surface area (Å²) in [4.78, 5) is 26.4. The van der Waals surface area contributed by atoms with Gasteiger partial charge >= 0.3 is 0 Å². The number of rotatable bonds is 7. The van der Waals surface area contributed by atoms with Crippen molar-refractivity contribution < 1.29 is 22.7 Å². The zero-order valence-corrected chi connectivity index (χ0v) is 17.8. The fourth-order valence-corrected chi connectivity index (χ4v) is 4.51. The van der Waals surface area contributed by atoms with Gasteiger partial charge in [-0.15, -0.1) is 0 Å². The number of likely N-dealkylation sites (tertiary alicyclic amines) is 1. The second-order valence-electron chi connectivity index (χ2n) is 8.12. The minimum absolute atomic E-state index is 0.0700. The van der Waals surface area contributed by atoms with E-state index in [2.05, 4.69) is 10.0 Å². The van der Waals surface area contributed by atoms with Crippen molar-refractivity contribution >= 4 is 27.5 Å². The Morgan fingerprint density at radius 3 is 2.43 bits per heavy atom. The standard InChI is InChI=1S/C19H29N3O5S/c1-13(12-27-5)22-11-14(10-17(22)23)18(24)20-15-6-8-16(9-7-15)28(25,26)21-19(2,3)4/h6-9,13-14,21H,10-12H2,1-5H3,(H,20,24)/t13-,14+/m0/s1. The molecule has 0 aromatic heterocycles. The topological polar surface area (TPSA) is 105 Å². The monoisotopic (exact) mass is 411 g/mol. The molecule has 0 unspecified atom stereocenters. The molecule has 2 rings (SSSR count). The van der Waals surface area contributed by atoms with Gasteiger partial charge in [-0.3, -0.25) is 9.59 Å². The highest BCUT2D eigenvalue weighted by Crippen LogP contribution is 2.23. The van der Waals surface area contributed by atoms with Crippen LogP contribution in [0, 0.1) is 5.92 Å². The number of ether oxygens (including phenoxy) is 1. The molecule has 1 aromatic carbocycles. The number of nitrogens with one attached hydrogen (secondary N) is 2. The van der Waals surface area contributed by atoms with Crippen LogP contribution in [0.2, 0.25) is 0 Å². The molecule has 1 aliphatic heterocycles. The van der Waals surface area contributed by atoms with Crippen LogP contribution < -0.4 is 10.0 Å². The van der Waals surface area contributed by atoms with Crippen LogP contribution in [0.15, 0.2) is 29.2 Å². The van der Waals surface area contributed by atoms with E-state index >= 15 is 0 Å². The number of nitrogens with zero attached hydrogens (tertiary/aromatic N) is 1. The number of carbonyl (C=O) groups is 2. The summed E-state index contributed by atoms with van der Waals surface area (Å²) in [5.41, 5.74) is -0.109. The molecule has 1 aliphatic rings. The molecule has 8 nitrogen and oxygen atoms in total. The van der Waals surface area contributed by atoms with Crippen LogP contribution in [0.3, 0.4) is 0 Å². The fourth-order valence-electron chi connectivity index (χ4n) is 3.09. The summed E-state index contributed by atoms with van der Waals surface area (Å²) in [6.07, 6.45) is 0.155. The Morgan fingerprint density at radius 2 is 1.89 bits per heavy atom. The number of methoxy groups -OCH3 is 1. The quantitative estimate of drug-likeness (QED) is 0.709. The van der Waals surface area contributed by atoms with Crippen molar-refractivity contribution in [3.63, 3.8) is 0 Å². The van der Waals surface area contributed by atoms with Gasteiger partial charge in [-0.25, -0.2) is 13.1 Å². The van der Waals surface area contributed by atoms with Crippen LogP contribution in [0.4, 0.5) is 5.69 Å². The summed E-state index contributed by atoms with van der Waals surface area (Å²) in [5.74, 6) is -0.777. The zero-order chi connectivity index (χ0) is 21.1. The van der Waals surface area contributed by atoms with Gasteiger partial charge in [0.05, 0.1) is 23.5 Å². The maximum absolute atomic E-state index is 12.5. The van der Waals surface area contributed by atoms with E-state index in [1.54, 1.807) is 32.8 Å². The van der Waals surface area contributed by atoms with Gasteiger partial charge in [0.15, 0.2) is 0 Å². The van der Waals surface area contributed by atoms with Gasteiger partial charge in [-0.2, -0.15) is 0 Å². The molecule has 2 N–H and O–H groups in total. The van der Waals surface area contributed by atoms with Crippen molar-refractivity contribution in [3.05, 3.63) is 24.3 Å². The smallest absolute Gasteiger partial charge is 0.241 e. The molecule has 1 heterocycles. The molecule has 0 aliphatic carbocycles. The molecule has 0 radical (unpaired) electrons. The number of benzene rings is 1. The molecule has 0 saturated carbocycles. The normalized spacial score (nSPS) is 19.0. The summed E-state index contributed by atoms with van der Waals surface area (Å²) in [6, 6.07) is 5.87. The minimum atomic E-state index is -3.63. The number of amides is 2. The number of sulfonamides is 1. The number of hydrogen-bond donors (Lipinski definition) is 2. The summed E-state index contributed by atoms with van der Waals surface area (Å²) in [7, 11) is -2.06. The highest BCUT2D eigenvalue weighted by molar-refractivity contribution is 7.89. The van der Waals surface area contributed by atoms with Crippen LogP contribution in [-0.4, -0.2) is 57.0 Å². The van der Waals surface area contributed by atoms with Crippen molar-refractivity contribution in [2.75, 3.05) is 25.6 Å². The predicted octanol–water partition coefficient (Wildman–Crippen LogP) is 1.59. The van der Waals surface area contributed by atoms with E-state index in [0.717, 1.165) is 0 Å². The Kier molecular flexibility index (Phi) is 6.84. The lowest BCUT2D eigenvalue weighted by Gasteiger charge is -2.23. The van der Waals surface area contributed by atoms with E-state index in [-0.39, 0.29) is 29.2 Å². The van der Waals surface area contributed by atoms with Crippen LogP contribution in [-0.2, 0) is 24.3 Å². The molecular weight excluding hydrogens is 382 g/mol. The first kappa shape index (κ1) is 22.3. The lowest BCUT2D eigenvalue weighted by atomic mass is 10.1. The second-order valence-corrected chi connectivity index (χ2v) is 9.80. The maximum atomic E-state index is 12.5. The molecule has 2 atom stereocenters. The molecule has 1 saturated heterocycles. The minimum Gasteiger partial charge on any atom is -0.383 e. The molecule has 1 fully saturated rings. The third kappa shape index (κ3) is 5.76. The Balaban J connectivity index is 2.01. The van der Waals surface area contributed by atoms with Crippen LogP contribution in [0.5, 0.6) is 0 Å². The summed E-state index contributed by atoms with van der Waals surface area (Å²) >= 11 is 0. The molecule has 1 aromatic rings. The van der Waals surface area contributed by atoms with Crippen LogP contribution in [0.1, 0.15) is 34.1 Å². The summed E-state index contributed by atoms with van der Waals surface area (Å²) in [6.45, 7) is 7.93.